The Balaban J connectivity index is 2.44. The molecule has 0 spiro atoms. The van der Waals surface area contributed by atoms with Crippen molar-refractivity contribution in [2.45, 2.75) is 26.3 Å². The molecule has 2 aromatic rings. The van der Waals surface area contributed by atoms with Crippen molar-refractivity contribution < 1.29 is 4.39 Å². The highest BCUT2D eigenvalue weighted by atomic mass is 35.5. The average molecular weight is 292 g/mol. The summed E-state index contributed by atoms with van der Waals surface area (Å²) in [5, 5.41) is 3.76. The molecule has 1 atom stereocenters. The number of aryl methyl sites for hydroxylation is 1. The Labute approximate surface area is 124 Å². The molecule has 0 bridgehead atoms. The van der Waals surface area contributed by atoms with Crippen molar-refractivity contribution in [2.75, 3.05) is 6.54 Å². The van der Waals surface area contributed by atoms with Crippen LogP contribution >= 0.6 is 11.6 Å². The van der Waals surface area contributed by atoms with Crippen molar-refractivity contribution in [3.05, 3.63) is 70.0 Å². The smallest absolute Gasteiger partial charge is 0.129 e. The van der Waals surface area contributed by atoms with Gasteiger partial charge in [0.1, 0.15) is 5.82 Å². The molecule has 3 heteroatoms. The van der Waals surface area contributed by atoms with Gasteiger partial charge in [0.2, 0.25) is 0 Å². The van der Waals surface area contributed by atoms with Crippen LogP contribution in [0.4, 0.5) is 4.39 Å². The summed E-state index contributed by atoms with van der Waals surface area (Å²) in [5.41, 5.74) is 2.81. The van der Waals surface area contributed by atoms with E-state index in [4.69, 9.17) is 11.6 Å². The Morgan fingerprint density at radius 1 is 1.10 bits per heavy atom. The summed E-state index contributed by atoms with van der Waals surface area (Å²) in [6.07, 6.45) is 0.993. The fraction of sp³-hybridized carbons (Fsp3) is 0.294. The van der Waals surface area contributed by atoms with Gasteiger partial charge in [-0.3, -0.25) is 0 Å². The summed E-state index contributed by atoms with van der Waals surface area (Å²) >= 11 is 6.19. The molecule has 0 aliphatic heterocycles. The Bertz CT molecular complexity index is 545. The molecule has 0 saturated heterocycles. The molecule has 1 unspecified atom stereocenters. The van der Waals surface area contributed by atoms with Gasteiger partial charge in [-0.25, -0.2) is 4.39 Å². The summed E-state index contributed by atoms with van der Waals surface area (Å²) < 4.78 is 14.1. The largest absolute Gasteiger partial charge is 0.306 e. The van der Waals surface area contributed by atoms with Crippen molar-refractivity contribution >= 4 is 11.6 Å². The molecule has 0 aromatic heterocycles. The van der Waals surface area contributed by atoms with Gasteiger partial charge < -0.3 is 5.32 Å². The number of hydrogen-bond donors (Lipinski definition) is 1. The van der Waals surface area contributed by atoms with Gasteiger partial charge in [-0.15, -0.1) is 0 Å². The molecule has 0 radical (unpaired) electrons. The van der Waals surface area contributed by atoms with Gasteiger partial charge in [0.05, 0.1) is 6.04 Å². The van der Waals surface area contributed by atoms with Crippen LogP contribution in [0.5, 0.6) is 0 Å². The molecule has 106 valence electrons. The minimum atomic E-state index is -0.275. The average Bonchev–Trinajstić information content (AvgIpc) is 2.46. The minimum absolute atomic E-state index is 0.223. The van der Waals surface area contributed by atoms with Gasteiger partial charge in [0.15, 0.2) is 0 Å². The first-order valence-electron chi connectivity index (χ1n) is 6.93. The lowest BCUT2D eigenvalue weighted by molar-refractivity contribution is 0.559. The van der Waals surface area contributed by atoms with E-state index in [1.54, 1.807) is 12.1 Å². The minimum Gasteiger partial charge on any atom is -0.306 e. The van der Waals surface area contributed by atoms with E-state index in [0.29, 0.717) is 10.6 Å². The number of benzene rings is 2. The molecule has 20 heavy (non-hydrogen) atoms. The van der Waals surface area contributed by atoms with Gasteiger partial charge in [0.25, 0.3) is 0 Å². The van der Waals surface area contributed by atoms with Crippen LogP contribution in [0.1, 0.15) is 36.6 Å². The molecule has 1 N–H and O–H groups in total. The van der Waals surface area contributed by atoms with Gasteiger partial charge in [-0.05, 0) is 36.2 Å². The highest BCUT2D eigenvalue weighted by molar-refractivity contribution is 6.31. The lowest BCUT2D eigenvalue weighted by atomic mass is 9.96. The van der Waals surface area contributed by atoms with E-state index >= 15 is 0 Å². The Morgan fingerprint density at radius 3 is 2.35 bits per heavy atom. The third-order valence-corrected chi connectivity index (χ3v) is 3.75. The highest BCUT2D eigenvalue weighted by Crippen LogP contribution is 2.30. The van der Waals surface area contributed by atoms with Crippen molar-refractivity contribution in [3.63, 3.8) is 0 Å². The predicted molar refractivity (Wildman–Crippen MR) is 82.7 cm³/mol. The number of rotatable bonds is 5. The van der Waals surface area contributed by atoms with E-state index in [9.17, 15) is 4.39 Å². The van der Waals surface area contributed by atoms with E-state index in [1.165, 1.54) is 11.6 Å². The van der Waals surface area contributed by atoms with Crippen molar-refractivity contribution in [1.29, 1.82) is 0 Å². The van der Waals surface area contributed by atoms with E-state index < -0.39 is 0 Å². The van der Waals surface area contributed by atoms with Crippen molar-refractivity contribution in [1.82, 2.24) is 5.32 Å². The van der Waals surface area contributed by atoms with Gasteiger partial charge in [0, 0.05) is 10.6 Å². The second-order valence-electron chi connectivity index (χ2n) is 4.72. The molecular formula is C17H19ClFN. The second kappa shape index (κ2) is 6.87. The van der Waals surface area contributed by atoms with Crippen LogP contribution in [0, 0.1) is 5.82 Å². The van der Waals surface area contributed by atoms with Crippen LogP contribution in [-0.2, 0) is 6.42 Å². The Morgan fingerprint density at radius 2 is 1.80 bits per heavy atom. The summed E-state index contributed by atoms with van der Waals surface area (Å²) in [4.78, 5) is 0. The Kier molecular flexibility index (Phi) is 5.16. The van der Waals surface area contributed by atoms with E-state index in [1.807, 2.05) is 19.1 Å². The molecule has 2 aromatic carbocycles. The fourth-order valence-electron chi connectivity index (χ4n) is 2.32. The lowest BCUT2D eigenvalue weighted by Gasteiger charge is -2.21. The molecule has 0 aliphatic carbocycles. The summed E-state index contributed by atoms with van der Waals surface area (Å²) in [6, 6.07) is 12.8. The molecule has 2 rings (SSSR count). The van der Waals surface area contributed by atoms with Crippen LogP contribution in [0.3, 0.4) is 0 Å². The summed E-state index contributed by atoms with van der Waals surface area (Å²) in [7, 11) is 0. The molecule has 0 aliphatic rings. The third kappa shape index (κ3) is 3.20. The monoisotopic (exact) mass is 291 g/mol. The first kappa shape index (κ1) is 15.0. The van der Waals surface area contributed by atoms with Crippen LogP contribution in [0.2, 0.25) is 5.02 Å². The zero-order valence-electron chi connectivity index (χ0n) is 11.8. The zero-order valence-corrected chi connectivity index (χ0v) is 12.5. The third-order valence-electron chi connectivity index (χ3n) is 3.42. The van der Waals surface area contributed by atoms with E-state index in [-0.39, 0.29) is 11.9 Å². The quantitative estimate of drug-likeness (QED) is 0.839. The molecule has 0 heterocycles. The molecule has 0 amide bonds. The summed E-state index contributed by atoms with van der Waals surface area (Å²) in [6.45, 7) is 4.86. The van der Waals surface area contributed by atoms with E-state index in [0.717, 1.165) is 18.5 Å². The van der Waals surface area contributed by atoms with Crippen LogP contribution in [-0.4, -0.2) is 6.54 Å². The first-order valence-corrected chi connectivity index (χ1v) is 7.31. The van der Waals surface area contributed by atoms with Crippen LogP contribution < -0.4 is 5.32 Å². The van der Waals surface area contributed by atoms with Crippen LogP contribution in [0.15, 0.2) is 42.5 Å². The van der Waals surface area contributed by atoms with Crippen molar-refractivity contribution in [3.8, 4) is 0 Å². The number of halogens is 2. The predicted octanol–water partition coefficient (Wildman–Crippen LogP) is 4.74. The maximum absolute atomic E-state index is 14.1. The van der Waals surface area contributed by atoms with Crippen LogP contribution in [0.25, 0.3) is 0 Å². The van der Waals surface area contributed by atoms with Gasteiger partial charge >= 0.3 is 0 Å². The number of hydrogen-bond acceptors (Lipinski definition) is 1. The molecule has 1 nitrogen and oxygen atoms in total. The highest BCUT2D eigenvalue weighted by Gasteiger charge is 2.19. The summed E-state index contributed by atoms with van der Waals surface area (Å²) in [5.74, 6) is -0.275. The fourth-order valence-corrected chi connectivity index (χ4v) is 2.60. The van der Waals surface area contributed by atoms with Gasteiger partial charge in [-0.2, -0.15) is 0 Å². The molecular weight excluding hydrogens is 273 g/mol. The standard InChI is InChI=1S/C17H19ClFN/c1-3-12-8-10-13(11-9-12)17(20-4-2)16-14(18)6-5-7-15(16)19/h5-11,17,20H,3-4H2,1-2H3. The van der Waals surface area contributed by atoms with Crippen molar-refractivity contribution in [2.24, 2.45) is 0 Å². The molecule has 0 fully saturated rings. The SMILES string of the molecule is CCNC(c1ccc(CC)cc1)c1c(F)cccc1Cl. The maximum Gasteiger partial charge on any atom is 0.129 e. The normalized spacial score (nSPS) is 12.4. The second-order valence-corrected chi connectivity index (χ2v) is 5.13. The van der Waals surface area contributed by atoms with E-state index in [2.05, 4.69) is 24.4 Å². The lowest BCUT2D eigenvalue weighted by Crippen LogP contribution is -2.23. The topological polar surface area (TPSA) is 12.0 Å². The van der Waals surface area contributed by atoms with Gasteiger partial charge in [-0.1, -0.05) is 55.8 Å². The molecule has 0 saturated carbocycles. The Hall–Kier alpha value is -1.38. The first-order chi connectivity index (χ1) is 9.67. The number of nitrogens with one attached hydrogen (secondary N) is 1. The maximum atomic E-state index is 14.1. The zero-order chi connectivity index (χ0) is 14.5.